The van der Waals surface area contributed by atoms with Crippen LogP contribution in [0, 0.1) is 0 Å². The average Bonchev–Trinajstić information content (AvgIpc) is 2.81. The van der Waals surface area contributed by atoms with E-state index < -0.39 is 22.1 Å². The second kappa shape index (κ2) is 9.48. The number of anilines is 1. The molecule has 0 spiro atoms. The van der Waals surface area contributed by atoms with Crippen LogP contribution in [0.1, 0.15) is 29.7 Å². The molecule has 0 saturated carbocycles. The minimum atomic E-state index is -3.69. The molecule has 1 atom stereocenters. The quantitative estimate of drug-likeness (QED) is 0.381. The highest BCUT2D eigenvalue weighted by molar-refractivity contribution is 7.92. The smallest absolute Gasteiger partial charge is 0.320 e. The number of nitrogens with one attached hydrogen (secondary N) is 3. The molecule has 0 bridgehead atoms. The van der Waals surface area contributed by atoms with Crippen LogP contribution in [0.4, 0.5) is 10.5 Å². The molecule has 0 aromatic heterocycles. The van der Waals surface area contributed by atoms with E-state index in [2.05, 4.69) is 15.4 Å². The molecule has 0 aliphatic carbocycles. The van der Waals surface area contributed by atoms with E-state index in [1.54, 1.807) is 13.0 Å². The van der Waals surface area contributed by atoms with Crippen LogP contribution >= 0.6 is 0 Å². The van der Waals surface area contributed by atoms with E-state index >= 15 is 0 Å². The molecule has 34 heavy (non-hydrogen) atoms. The average molecular weight is 480 g/mol. The number of ether oxygens (including phenoxy) is 1. The van der Waals surface area contributed by atoms with Gasteiger partial charge >= 0.3 is 6.03 Å². The lowest BCUT2D eigenvalue weighted by Crippen LogP contribution is -2.43. The Kier molecular flexibility index (Phi) is 6.47. The number of sulfonamides is 1. The van der Waals surface area contributed by atoms with Crippen LogP contribution in [-0.4, -0.2) is 32.4 Å². The largest absolute Gasteiger partial charge is 0.503 e. The predicted octanol–water partition coefficient (Wildman–Crippen LogP) is 4.08. The molecule has 4 N–H and O–H groups in total. The number of hydrogen-bond donors (Lipinski definition) is 4. The van der Waals surface area contributed by atoms with Crippen molar-refractivity contribution in [1.29, 1.82) is 0 Å². The van der Waals surface area contributed by atoms with Gasteiger partial charge in [-0.1, -0.05) is 60.7 Å². The van der Waals surface area contributed by atoms with Crippen molar-refractivity contribution in [2.75, 3.05) is 17.6 Å². The molecule has 0 radical (unpaired) electrons. The lowest BCUT2D eigenvalue weighted by Gasteiger charge is -2.32. The van der Waals surface area contributed by atoms with Crippen LogP contribution in [0.2, 0.25) is 0 Å². The third-order valence-electron chi connectivity index (χ3n) is 5.25. The zero-order valence-electron chi connectivity index (χ0n) is 18.7. The molecule has 1 aliphatic rings. The Balaban J connectivity index is 1.97. The monoisotopic (exact) mass is 479 g/mol. The van der Waals surface area contributed by atoms with Gasteiger partial charge in [-0.05, 0) is 35.7 Å². The summed E-state index contributed by atoms with van der Waals surface area (Å²) in [5.41, 5.74) is 3.59. The van der Waals surface area contributed by atoms with Crippen molar-refractivity contribution in [2.45, 2.75) is 13.0 Å². The number of carbonyl (C=O) groups is 1. The van der Waals surface area contributed by atoms with Crippen LogP contribution in [0.3, 0.4) is 0 Å². The van der Waals surface area contributed by atoms with Gasteiger partial charge in [0.05, 0.1) is 30.3 Å². The van der Waals surface area contributed by atoms with Gasteiger partial charge in [-0.2, -0.15) is 0 Å². The molecule has 1 heterocycles. The van der Waals surface area contributed by atoms with Crippen molar-refractivity contribution in [3.63, 3.8) is 0 Å². The van der Waals surface area contributed by atoms with Gasteiger partial charge in [-0.25, -0.2) is 13.2 Å². The first-order valence-corrected chi connectivity index (χ1v) is 12.6. The lowest BCUT2D eigenvalue weighted by atomic mass is 9.87. The number of phenolic OH excluding ortho intramolecular Hbond substituents is 1. The normalized spacial score (nSPS) is 15.9. The third-order valence-corrected chi connectivity index (χ3v) is 5.84. The predicted molar refractivity (Wildman–Crippen MR) is 132 cm³/mol. The van der Waals surface area contributed by atoms with E-state index in [-0.39, 0.29) is 23.8 Å². The zero-order valence-corrected chi connectivity index (χ0v) is 19.5. The van der Waals surface area contributed by atoms with Gasteiger partial charge in [0.1, 0.15) is 0 Å². The summed E-state index contributed by atoms with van der Waals surface area (Å²) >= 11 is 0. The summed E-state index contributed by atoms with van der Waals surface area (Å²) in [5, 5.41) is 16.5. The number of benzene rings is 3. The second-order valence-corrected chi connectivity index (χ2v) is 9.52. The van der Waals surface area contributed by atoms with Crippen molar-refractivity contribution < 1.29 is 23.1 Å². The van der Waals surface area contributed by atoms with Crippen molar-refractivity contribution in [3.05, 3.63) is 89.5 Å². The van der Waals surface area contributed by atoms with E-state index in [0.29, 0.717) is 11.3 Å². The van der Waals surface area contributed by atoms with E-state index in [9.17, 15) is 18.3 Å². The number of carbonyl (C=O) groups excluding carboxylic acids is 1. The summed E-state index contributed by atoms with van der Waals surface area (Å²) < 4.78 is 31.8. The minimum absolute atomic E-state index is 0.0371. The van der Waals surface area contributed by atoms with Crippen molar-refractivity contribution in [1.82, 2.24) is 10.6 Å². The van der Waals surface area contributed by atoms with E-state index in [0.717, 1.165) is 23.0 Å². The van der Waals surface area contributed by atoms with Crippen LogP contribution < -0.4 is 20.1 Å². The molecular weight excluding hydrogens is 454 g/mol. The van der Waals surface area contributed by atoms with Crippen LogP contribution in [0.25, 0.3) is 11.3 Å². The van der Waals surface area contributed by atoms with Gasteiger partial charge in [0.2, 0.25) is 10.0 Å². The molecule has 176 valence electrons. The van der Waals surface area contributed by atoms with E-state index in [1.807, 2.05) is 60.7 Å². The fraction of sp³-hybridized carbons (Fsp3) is 0.160. The third kappa shape index (κ3) is 4.99. The first kappa shape index (κ1) is 23.2. The number of aromatic hydroxyl groups is 1. The first-order valence-electron chi connectivity index (χ1n) is 10.7. The molecule has 9 heteroatoms. The van der Waals surface area contributed by atoms with Gasteiger partial charge in [-0.15, -0.1) is 0 Å². The Morgan fingerprint density at radius 1 is 1.00 bits per heavy atom. The standard InChI is InChI=1S/C25H25N3O5S/c1-3-33-20-15-18(14-19(24(20)29)28-34(2,31)32)23-21(16-10-6-4-7-11-16)22(26-25(30)27-23)17-12-8-5-9-13-17/h4-15,23,28-29H,3H2,1-2H3,(H2,26,27,30). The van der Waals surface area contributed by atoms with Gasteiger partial charge < -0.3 is 20.5 Å². The summed E-state index contributed by atoms with van der Waals surface area (Å²) in [6.45, 7) is 2.01. The Morgan fingerprint density at radius 2 is 1.62 bits per heavy atom. The molecule has 0 saturated heterocycles. The Labute approximate surface area is 198 Å². The zero-order chi connectivity index (χ0) is 24.3. The molecule has 3 aromatic rings. The highest BCUT2D eigenvalue weighted by atomic mass is 32.2. The maximum Gasteiger partial charge on any atom is 0.320 e. The Hall–Kier alpha value is -3.98. The van der Waals surface area contributed by atoms with Gasteiger partial charge in [-0.3, -0.25) is 4.72 Å². The maximum atomic E-state index is 12.8. The fourth-order valence-corrected chi connectivity index (χ4v) is 4.47. The number of hydrogen-bond acceptors (Lipinski definition) is 5. The van der Waals surface area contributed by atoms with E-state index in [1.165, 1.54) is 6.07 Å². The van der Waals surface area contributed by atoms with Crippen LogP contribution in [-0.2, 0) is 10.0 Å². The molecular formula is C25H25N3O5S. The van der Waals surface area contributed by atoms with Crippen molar-refractivity contribution in [3.8, 4) is 11.5 Å². The number of urea groups is 1. The summed E-state index contributed by atoms with van der Waals surface area (Å²) in [6.07, 6.45) is 0.995. The summed E-state index contributed by atoms with van der Waals surface area (Å²) in [6, 6.07) is 21.1. The molecule has 4 rings (SSSR count). The SMILES string of the molecule is CCOc1cc(C2NC(=O)NC(c3ccccc3)=C2c2ccccc2)cc(NS(C)(=O)=O)c1O. The molecule has 8 nitrogen and oxygen atoms in total. The number of rotatable bonds is 7. The minimum Gasteiger partial charge on any atom is -0.503 e. The molecule has 0 fully saturated rings. The van der Waals surface area contributed by atoms with Crippen LogP contribution in [0.5, 0.6) is 11.5 Å². The van der Waals surface area contributed by atoms with Gasteiger partial charge in [0.25, 0.3) is 0 Å². The topological polar surface area (TPSA) is 117 Å². The maximum absolute atomic E-state index is 12.8. The highest BCUT2D eigenvalue weighted by Gasteiger charge is 2.31. The lowest BCUT2D eigenvalue weighted by molar-refractivity contribution is 0.242. The fourth-order valence-electron chi connectivity index (χ4n) is 3.91. The molecule has 3 aromatic carbocycles. The Bertz CT molecular complexity index is 1340. The van der Waals surface area contributed by atoms with Crippen molar-refractivity contribution >= 4 is 33.0 Å². The van der Waals surface area contributed by atoms with Crippen molar-refractivity contribution in [2.24, 2.45) is 0 Å². The summed E-state index contributed by atoms with van der Waals surface area (Å²) in [5.74, 6) is -0.225. The number of amides is 2. The first-order chi connectivity index (χ1) is 16.3. The van der Waals surface area contributed by atoms with Gasteiger partial charge in [0, 0.05) is 5.57 Å². The molecule has 1 unspecified atom stereocenters. The molecule has 2 amide bonds. The molecule has 1 aliphatic heterocycles. The van der Waals surface area contributed by atoms with E-state index in [4.69, 9.17) is 4.74 Å². The number of phenols is 1. The van der Waals surface area contributed by atoms with Gasteiger partial charge in [0.15, 0.2) is 11.5 Å². The van der Waals surface area contributed by atoms with Crippen LogP contribution in [0.15, 0.2) is 72.8 Å². The summed E-state index contributed by atoms with van der Waals surface area (Å²) in [7, 11) is -3.69. The highest BCUT2D eigenvalue weighted by Crippen LogP contribution is 2.43. The Morgan fingerprint density at radius 3 is 2.21 bits per heavy atom. The second-order valence-electron chi connectivity index (χ2n) is 7.77. The summed E-state index contributed by atoms with van der Waals surface area (Å²) in [4.78, 5) is 12.8.